The number of thioether (sulfide) groups is 1. The van der Waals surface area contributed by atoms with E-state index in [-0.39, 0.29) is 12.0 Å². The lowest BCUT2D eigenvalue weighted by atomic mass is 9.47. The predicted molar refractivity (Wildman–Crippen MR) is 249 cm³/mol. The number of benzene rings is 2. The van der Waals surface area contributed by atoms with Crippen LogP contribution in [0.4, 0.5) is 5.69 Å². The summed E-state index contributed by atoms with van der Waals surface area (Å²) < 4.78 is 44.0. The number of methoxy groups -OCH3 is 2. The molecule has 1 unspecified atom stereocenters. The molecule has 5 aliphatic heterocycles. The summed E-state index contributed by atoms with van der Waals surface area (Å²) in [6, 6.07) is 11.3. The van der Waals surface area contributed by atoms with Crippen LogP contribution in [0.25, 0.3) is 10.9 Å². The van der Waals surface area contributed by atoms with Gasteiger partial charge in [0.15, 0.2) is 5.60 Å². The first-order valence-electron chi connectivity index (χ1n) is 22.7. The molecule has 356 valence electrons. The Hall–Kier alpha value is -3.72. The molecule has 2 saturated heterocycles. The molecule has 2 aromatic carbocycles. The number of rotatable bonds is 10. The number of carbonyl (C=O) groups is 2. The molecule has 16 nitrogen and oxygen atoms in total. The number of aliphatic hydroxyl groups excluding tert-OH is 1. The van der Waals surface area contributed by atoms with Gasteiger partial charge in [-0.25, -0.2) is 0 Å². The first-order valence-corrected chi connectivity index (χ1v) is 25.5. The van der Waals surface area contributed by atoms with E-state index in [0.717, 1.165) is 58.7 Å². The van der Waals surface area contributed by atoms with Gasteiger partial charge >= 0.3 is 16.4 Å². The normalized spacial score (nSPS) is 34.8. The van der Waals surface area contributed by atoms with Gasteiger partial charge in [0.1, 0.15) is 17.3 Å². The average molecular weight is 940 g/mol. The van der Waals surface area contributed by atoms with Crippen molar-refractivity contribution in [2.45, 2.75) is 99.0 Å². The third-order valence-corrected chi connectivity index (χ3v) is 16.7. The number of para-hydroxylation sites is 1. The number of nitrogens with one attached hydrogen (secondary N) is 2. The Balaban J connectivity index is 0.00000109. The minimum atomic E-state index is -4.67. The lowest BCUT2D eigenvalue weighted by Crippen LogP contribution is -2.81. The first-order chi connectivity index (χ1) is 30.8. The van der Waals surface area contributed by atoms with Crippen LogP contribution in [-0.4, -0.2) is 161 Å². The molecule has 3 fully saturated rings. The van der Waals surface area contributed by atoms with Gasteiger partial charge in [-0.15, -0.1) is 0 Å². The van der Waals surface area contributed by atoms with E-state index in [1.54, 1.807) is 18.9 Å². The van der Waals surface area contributed by atoms with Gasteiger partial charge in [0, 0.05) is 90.6 Å². The van der Waals surface area contributed by atoms with Crippen LogP contribution in [0.15, 0.2) is 48.6 Å². The van der Waals surface area contributed by atoms with Crippen molar-refractivity contribution >= 4 is 50.6 Å². The highest BCUT2D eigenvalue weighted by atomic mass is 32.3. The molecule has 10 atom stereocenters. The molecule has 0 radical (unpaired) electrons. The summed E-state index contributed by atoms with van der Waals surface area (Å²) in [7, 11) is 0.337. The van der Waals surface area contributed by atoms with Crippen molar-refractivity contribution < 1.29 is 51.9 Å². The molecular formula is C47H65N5O11S2. The van der Waals surface area contributed by atoms with Gasteiger partial charge in [-0.1, -0.05) is 44.2 Å². The zero-order valence-electron chi connectivity index (χ0n) is 38.2. The molecule has 1 saturated carbocycles. The van der Waals surface area contributed by atoms with Crippen LogP contribution in [0, 0.1) is 11.3 Å². The molecule has 18 heteroatoms. The van der Waals surface area contributed by atoms with Gasteiger partial charge in [-0.2, -0.15) is 20.2 Å². The molecule has 7 N–H and O–H groups in total. The van der Waals surface area contributed by atoms with Crippen LogP contribution in [-0.2, 0) is 42.0 Å². The summed E-state index contributed by atoms with van der Waals surface area (Å²) >= 11 is 1.70. The van der Waals surface area contributed by atoms with E-state index in [9.17, 15) is 20.1 Å². The standard InChI is InChI=1S/C47H63N5O7S.H2O4S/c1-7-43(56)25-29-26-46(42(55)59-5,37-31(15-20-51(27-29)28-43)30-13-9-10-14-34(30)49-37)33-23-32-35(24-36(33)58-4)50(3)39-45(32)17-21-52-19-11-16-44(8-2,38(45)52)40(53)47(39,57)41(54)48-18-12-22-60-6;1-5(2,3)4/h9-11,13-14,16,23-24,29,38-40,49,53,56-57H,7-8,12,15,17-22,25-28H2,1-6H3,(H,48,54);(H2,1,2,3,4)/t29-,38+,39-,40-,43+,44-,45-,46+,47+;/m1./s1. The molecule has 9 rings (SSSR count). The van der Waals surface area contributed by atoms with Crippen LogP contribution >= 0.6 is 11.8 Å². The summed E-state index contributed by atoms with van der Waals surface area (Å²) in [6.45, 7) is 7.90. The molecule has 1 spiro atoms. The number of amides is 1. The second kappa shape index (κ2) is 17.4. The largest absolute Gasteiger partial charge is 0.496 e. The van der Waals surface area contributed by atoms with Crippen molar-refractivity contribution in [2.24, 2.45) is 11.3 Å². The Morgan fingerprint density at radius 3 is 2.45 bits per heavy atom. The fourth-order valence-corrected chi connectivity index (χ4v) is 14.0. The number of anilines is 1. The highest BCUT2D eigenvalue weighted by Gasteiger charge is 2.78. The van der Waals surface area contributed by atoms with E-state index in [4.69, 9.17) is 27.0 Å². The highest BCUT2D eigenvalue weighted by molar-refractivity contribution is 7.98. The lowest BCUT2D eigenvalue weighted by molar-refractivity contribution is -0.203. The van der Waals surface area contributed by atoms with E-state index in [1.165, 1.54) is 7.11 Å². The van der Waals surface area contributed by atoms with Crippen LogP contribution in [0.3, 0.4) is 0 Å². The number of hydrogen-bond donors (Lipinski definition) is 7. The number of nitrogens with zero attached hydrogens (tertiary/aromatic N) is 3. The number of H-pyrrole nitrogens is 1. The third-order valence-electron chi connectivity index (χ3n) is 16.0. The van der Waals surface area contributed by atoms with Gasteiger partial charge in [0.2, 0.25) is 0 Å². The Kier molecular flexibility index (Phi) is 12.8. The molecule has 6 aliphatic rings. The number of aromatic amines is 1. The summed E-state index contributed by atoms with van der Waals surface area (Å²) in [6.07, 6.45) is 8.82. The van der Waals surface area contributed by atoms with Crippen molar-refractivity contribution in [1.82, 2.24) is 20.1 Å². The summed E-state index contributed by atoms with van der Waals surface area (Å²) in [5.74, 6) is 0.303. The third kappa shape index (κ3) is 7.41. The molecule has 1 aliphatic carbocycles. The zero-order valence-corrected chi connectivity index (χ0v) is 39.8. The monoisotopic (exact) mass is 939 g/mol. The SMILES string of the molecule is CC[C@]1(O)C[C@H]2CN(CCc3c([nH]c4ccccc34)[C@@](C(=O)OC)(c3cc4c(cc3OC)N(C)[C@H]3[C@@](O)(C(=O)NCCCSC)[C@H](O)[C@]5(CC)C=CCN6CC[C@]43[C@@H]65)C2)C1.O=S(=O)(O)O. The number of hydrogen-bond acceptors (Lipinski definition) is 13. The fraction of sp³-hybridized carbons (Fsp3) is 0.617. The molecule has 2 bridgehead atoms. The number of aliphatic hydroxyl groups is 3. The van der Waals surface area contributed by atoms with Crippen LogP contribution in [0.2, 0.25) is 0 Å². The Morgan fingerprint density at radius 1 is 1.03 bits per heavy atom. The maximum atomic E-state index is 15.3. The second-order valence-electron chi connectivity index (χ2n) is 19.2. The number of aromatic nitrogens is 1. The van der Waals surface area contributed by atoms with E-state index in [0.29, 0.717) is 76.0 Å². The zero-order chi connectivity index (χ0) is 46.9. The molecule has 6 heterocycles. The van der Waals surface area contributed by atoms with E-state index < -0.39 is 61.9 Å². The van der Waals surface area contributed by atoms with E-state index >= 15 is 4.79 Å². The Labute approximate surface area is 385 Å². The summed E-state index contributed by atoms with van der Waals surface area (Å²) in [4.78, 5) is 40.7. The molecular weight excluding hydrogens is 875 g/mol. The number of piperidine rings is 1. The van der Waals surface area contributed by atoms with Crippen molar-refractivity contribution in [1.29, 1.82) is 0 Å². The highest BCUT2D eigenvalue weighted by Crippen LogP contribution is 2.67. The topological polar surface area (TPSA) is 225 Å². The number of likely N-dealkylation sites (N-methyl/N-ethyl adjacent to an activating group) is 1. The molecule has 1 amide bonds. The van der Waals surface area contributed by atoms with Crippen molar-refractivity contribution in [3.63, 3.8) is 0 Å². The smallest absolute Gasteiger partial charge is 0.394 e. The van der Waals surface area contributed by atoms with Crippen LogP contribution < -0.4 is 15.0 Å². The number of carbonyl (C=O) groups excluding carboxylic acids is 2. The second-order valence-corrected chi connectivity index (χ2v) is 21.1. The fourth-order valence-electron chi connectivity index (χ4n) is 13.6. The quantitative estimate of drug-likeness (QED) is 0.0669. The van der Waals surface area contributed by atoms with Gasteiger partial charge in [-0.05, 0) is 92.7 Å². The van der Waals surface area contributed by atoms with E-state index in [1.807, 2.05) is 50.2 Å². The van der Waals surface area contributed by atoms with Gasteiger partial charge in [0.25, 0.3) is 5.91 Å². The Bertz CT molecular complexity index is 2460. The average Bonchev–Trinajstić information content (AvgIpc) is 3.94. The predicted octanol–water partition coefficient (Wildman–Crippen LogP) is 3.46. The van der Waals surface area contributed by atoms with Gasteiger partial charge in [0.05, 0.1) is 25.9 Å². The number of esters is 1. The molecule has 65 heavy (non-hydrogen) atoms. The summed E-state index contributed by atoms with van der Waals surface area (Å²) in [5.41, 5.74) is -1.12. The Morgan fingerprint density at radius 2 is 1.77 bits per heavy atom. The number of ether oxygens (including phenoxy) is 2. The van der Waals surface area contributed by atoms with Crippen LogP contribution in [0.5, 0.6) is 5.75 Å². The number of fused-ring (bicyclic) bond motifs is 6. The van der Waals surface area contributed by atoms with E-state index in [2.05, 4.69) is 50.5 Å². The van der Waals surface area contributed by atoms with Crippen molar-refractivity contribution in [3.05, 3.63) is 70.9 Å². The van der Waals surface area contributed by atoms with Crippen LogP contribution in [0.1, 0.15) is 74.8 Å². The first kappa shape index (κ1) is 47.8. The van der Waals surface area contributed by atoms with Crippen molar-refractivity contribution in [2.75, 3.05) is 77.4 Å². The van der Waals surface area contributed by atoms with Gasteiger partial charge in [-0.3, -0.25) is 28.5 Å². The minimum absolute atomic E-state index is 0.0744. The summed E-state index contributed by atoms with van der Waals surface area (Å²) in [5, 5.41) is 42.2. The lowest BCUT2D eigenvalue weighted by Gasteiger charge is -2.63. The van der Waals surface area contributed by atoms with Gasteiger partial charge < -0.3 is 40.0 Å². The minimum Gasteiger partial charge on any atom is -0.496 e. The molecule has 3 aromatic rings. The van der Waals surface area contributed by atoms with Crippen molar-refractivity contribution in [3.8, 4) is 5.75 Å². The molecule has 1 aromatic heterocycles. The maximum absolute atomic E-state index is 15.3. The maximum Gasteiger partial charge on any atom is 0.394 e.